The average Bonchev–Trinajstić information content (AvgIpc) is 2.63. The largest absolute Gasteiger partial charge is 0.481 e. The van der Waals surface area contributed by atoms with Gasteiger partial charge in [0.05, 0.1) is 11.1 Å². The summed E-state index contributed by atoms with van der Waals surface area (Å²) in [4.78, 5) is 22.9. The zero-order valence-electron chi connectivity index (χ0n) is 11.8. The molecular formula is C13H20N4O3. The van der Waals surface area contributed by atoms with E-state index in [2.05, 4.69) is 15.7 Å². The number of aromatic nitrogens is 2. The number of carbonyl (C=O) groups is 2. The standard InChI is InChI=1S/C13H20N4O3/c1-9-10(7-17(2)16-9)6-14-12(20)15-8-13(11(18)19)4-3-5-13/h7H,3-6,8H2,1-2H3,(H,18,19)(H2,14,15,20). The number of aryl methyl sites for hydroxylation is 2. The molecule has 1 aromatic rings. The fourth-order valence-electron chi connectivity index (χ4n) is 2.38. The molecule has 20 heavy (non-hydrogen) atoms. The summed E-state index contributed by atoms with van der Waals surface area (Å²) in [5.41, 5.74) is 1.05. The van der Waals surface area contributed by atoms with Crippen LogP contribution < -0.4 is 10.6 Å². The molecule has 110 valence electrons. The number of carboxylic acids is 1. The number of nitrogens with one attached hydrogen (secondary N) is 2. The van der Waals surface area contributed by atoms with E-state index in [4.69, 9.17) is 5.11 Å². The quantitative estimate of drug-likeness (QED) is 0.742. The molecule has 0 atom stereocenters. The molecule has 1 aromatic heterocycles. The second kappa shape index (κ2) is 5.52. The van der Waals surface area contributed by atoms with E-state index in [-0.39, 0.29) is 12.6 Å². The minimum absolute atomic E-state index is 0.181. The van der Waals surface area contributed by atoms with Crippen LogP contribution in [0.5, 0.6) is 0 Å². The molecule has 7 nitrogen and oxygen atoms in total. The molecule has 1 aliphatic rings. The lowest BCUT2D eigenvalue weighted by molar-refractivity contribution is -0.153. The number of rotatable bonds is 5. The Morgan fingerprint density at radius 2 is 2.15 bits per heavy atom. The fraction of sp³-hybridized carbons (Fsp3) is 0.615. The van der Waals surface area contributed by atoms with Crippen LogP contribution in [-0.2, 0) is 18.4 Å². The van der Waals surface area contributed by atoms with Crippen LogP contribution in [0.25, 0.3) is 0 Å². The molecule has 1 aliphatic carbocycles. The lowest BCUT2D eigenvalue weighted by atomic mass is 9.69. The molecule has 0 saturated heterocycles. The third-order valence-corrected chi connectivity index (χ3v) is 3.91. The lowest BCUT2D eigenvalue weighted by Gasteiger charge is -2.37. The fourth-order valence-corrected chi connectivity index (χ4v) is 2.38. The van der Waals surface area contributed by atoms with E-state index in [1.54, 1.807) is 4.68 Å². The highest BCUT2D eigenvalue weighted by atomic mass is 16.4. The summed E-state index contributed by atoms with van der Waals surface area (Å²) in [5, 5.41) is 18.7. The maximum Gasteiger partial charge on any atom is 0.315 e. The van der Waals surface area contributed by atoms with Gasteiger partial charge in [-0.2, -0.15) is 5.10 Å². The number of aliphatic carboxylic acids is 1. The topological polar surface area (TPSA) is 96.3 Å². The van der Waals surface area contributed by atoms with Gasteiger partial charge in [0.1, 0.15) is 0 Å². The highest BCUT2D eigenvalue weighted by molar-refractivity contribution is 5.78. The highest BCUT2D eigenvalue weighted by Crippen LogP contribution is 2.40. The number of hydrogen-bond donors (Lipinski definition) is 3. The minimum atomic E-state index is -0.827. The Bertz CT molecular complexity index is 520. The number of nitrogens with zero attached hydrogens (tertiary/aromatic N) is 2. The summed E-state index contributed by atoms with van der Waals surface area (Å²) < 4.78 is 1.69. The first-order chi connectivity index (χ1) is 9.43. The van der Waals surface area contributed by atoms with Crippen LogP contribution in [0.2, 0.25) is 0 Å². The molecule has 2 rings (SSSR count). The van der Waals surface area contributed by atoms with Gasteiger partial charge in [0, 0.05) is 31.9 Å². The Balaban J connectivity index is 1.78. The van der Waals surface area contributed by atoms with Crippen molar-refractivity contribution in [2.24, 2.45) is 12.5 Å². The summed E-state index contributed by atoms with van der Waals surface area (Å²) in [7, 11) is 1.82. The van der Waals surface area contributed by atoms with Crippen molar-refractivity contribution in [2.45, 2.75) is 32.7 Å². The minimum Gasteiger partial charge on any atom is -0.481 e. The molecule has 1 fully saturated rings. The van der Waals surface area contributed by atoms with Crippen LogP contribution in [0.4, 0.5) is 4.79 Å². The van der Waals surface area contributed by atoms with E-state index in [1.165, 1.54) is 0 Å². The van der Waals surface area contributed by atoms with Crippen molar-refractivity contribution in [3.8, 4) is 0 Å². The summed E-state index contributed by atoms with van der Waals surface area (Å²) in [6.07, 6.45) is 4.01. The number of urea groups is 1. The Kier molecular flexibility index (Phi) is 3.96. The molecule has 0 radical (unpaired) electrons. The van der Waals surface area contributed by atoms with Crippen molar-refractivity contribution in [3.05, 3.63) is 17.5 Å². The number of carbonyl (C=O) groups excluding carboxylic acids is 1. The first kappa shape index (κ1) is 14.4. The van der Waals surface area contributed by atoms with Gasteiger partial charge < -0.3 is 15.7 Å². The molecule has 0 bridgehead atoms. The van der Waals surface area contributed by atoms with E-state index in [1.807, 2.05) is 20.2 Å². The van der Waals surface area contributed by atoms with Crippen molar-refractivity contribution < 1.29 is 14.7 Å². The van der Waals surface area contributed by atoms with E-state index in [9.17, 15) is 9.59 Å². The van der Waals surface area contributed by atoms with Gasteiger partial charge in [-0.15, -0.1) is 0 Å². The van der Waals surface area contributed by atoms with Crippen molar-refractivity contribution in [2.75, 3.05) is 6.54 Å². The van der Waals surface area contributed by atoms with Gasteiger partial charge in [0.25, 0.3) is 0 Å². The molecule has 0 unspecified atom stereocenters. The Labute approximate surface area is 117 Å². The first-order valence-corrected chi connectivity index (χ1v) is 6.67. The van der Waals surface area contributed by atoms with Crippen LogP contribution >= 0.6 is 0 Å². The third-order valence-electron chi connectivity index (χ3n) is 3.91. The third kappa shape index (κ3) is 2.92. The van der Waals surface area contributed by atoms with Crippen molar-refractivity contribution in [1.82, 2.24) is 20.4 Å². The lowest BCUT2D eigenvalue weighted by Crippen LogP contribution is -2.49. The van der Waals surface area contributed by atoms with Gasteiger partial charge in [-0.1, -0.05) is 6.42 Å². The maximum atomic E-state index is 11.7. The first-order valence-electron chi connectivity index (χ1n) is 6.67. The van der Waals surface area contributed by atoms with Crippen molar-refractivity contribution >= 4 is 12.0 Å². The second-order valence-corrected chi connectivity index (χ2v) is 5.39. The van der Waals surface area contributed by atoms with Gasteiger partial charge in [-0.05, 0) is 19.8 Å². The van der Waals surface area contributed by atoms with Crippen molar-refractivity contribution in [1.29, 1.82) is 0 Å². The molecule has 0 aromatic carbocycles. The van der Waals surface area contributed by atoms with Crippen LogP contribution in [0.1, 0.15) is 30.5 Å². The summed E-state index contributed by atoms with van der Waals surface area (Å²) in [6.45, 7) is 2.44. The Morgan fingerprint density at radius 1 is 1.45 bits per heavy atom. The van der Waals surface area contributed by atoms with Gasteiger partial charge in [0.2, 0.25) is 0 Å². The van der Waals surface area contributed by atoms with Gasteiger partial charge in [-0.3, -0.25) is 9.48 Å². The predicted octanol–water partition coefficient (Wildman–Crippen LogP) is 0.783. The number of amides is 2. The Hall–Kier alpha value is -2.05. The molecule has 2 amide bonds. The van der Waals surface area contributed by atoms with E-state index in [0.717, 1.165) is 17.7 Å². The van der Waals surface area contributed by atoms with Crippen molar-refractivity contribution in [3.63, 3.8) is 0 Å². The maximum absolute atomic E-state index is 11.7. The molecule has 1 saturated carbocycles. The van der Waals surface area contributed by atoms with E-state index in [0.29, 0.717) is 19.4 Å². The van der Waals surface area contributed by atoms with E-state index < -0.39 is 11.4 Å². The molecular weight excluding hydrogens is 260 g/mol. The number of hydrogen-bond acceptors (Lipinski definition) is 3. The monoisotopic (exact) mass is 280 g/mol. The predicted molar refractivity (Wildman–Crippen MR) is 72.1 cm³/mol. The van der Waals surface area contributed by atoms with Crippen LogP contribution in [-0.4, -0.2) is 33.4 Å². The average molecular weight is 280 g/mol. The zero-order chi connectivity index (χ0) is 14.8. The van der Waals surface area contributed by atoms with Crippen LogP contribution in [0.15, 0.2) is 6.20 Å². The smallest absolute Gasteiger partial charge is 0.315 e. The highest BCUT2D eigenvalue weighted by Gasteiger charge is 2.44. The number of carboxylic acid groups (broad SMARTS) is 1. The zero-order valence-corrected chi connectivity index (χ0v) is 11.8. The SMILES string of the molecule is Cc1nn(C)cc1CNC(=O)NCC1(C(=O)O)CCC1. The molecule has 7 heteroatoms. The molecule has 3 N–H and O–H groups in total. The second-order valence-electron chi connectivity index (χ2n) is 5.39. The summed E-state index contributed by atoms with van der Waals surface area (Å²) in [5.74, 6) is -0.827. The summed E-state index contributed by atoms with van der Waals surface area (Å²) in [6, 6.07) is -0.347. The normalized spacial score (nSPS) is 16.3. The molecule has 1 heterocycles. The van der Waals surface area contributed by atoms with Gasteiger partial charge in [-0.25, -0.2) is 4.79 Å². The molecule has 0 aliphatic heterocycles. The van der Waals surface area contributed by atoms with E-state index >= 15 is 0 Å². The van der Waals surface area contributed by atoms with Gasteiger partial charge in [0.15, 0.2) is 0 Å². The van der Waals surface area contributed by atoms with Gasteiger partial charge >= 0.3 is 12.0 Å². The van der Waals surface area contributed by atoms with Crippen LogP contribution in [0, 0.1) is 12.3 Å². The summed E-state index contributed by atoms with van der Waals surface area (Å²) >= 11 is 0. The van der Waals surface area contributed by atoms with Crippen LogP contribution in [0.3, 0.4) is 0 Å². The Morgan fingerprint density at radius 3 is 2.60 bits per heavy atom. The molecule has 0 spiro atoms.